The number of hydrogen-bond acceptors (Lipinski definition) is 3. The van der Waals surface area contributed by atoms with Crippen molar-refractivity contribution in [1.29, 1.82) is 0 Å². The Morgan fingerprint density at radius 3 is 2.43 bits per heavy atom. The van der Waals surface area contributed by atoms with Crippen molar-refractivity contribution in [3.63, 3.8) is 0 Å². The number of aromatic nitrogens is 3. The van der Waals surface area contributed by atoms with Crippen LogP contribution in [0.15, 0.2) is 24.3 Å². The van der Waals surface area contributed by atoms with E-state index in [9.17, 15) is 4.79 Å². The van der Waals surface area contributed by atoms with Crippen LogP contribution in [-0.2, 0) is 5.54 Å². The number of anilines is 1. The lowest BCUT2D eigenvalue weighted by molar-refractivity contribution is 0.0310. The molecule has 2 aromatic rings. The minimum absolute atomic E-state index is 0.0445. The summed E-state index contributed by atoms with van der Waals surface area (Å²) in [5.74, 6) is 2.49. The molecule has 0 radical (unpaired) electrons. The Hall–Kier alpha value is -2.17. The fourth-order valence-electron chi connectivity index (χ4n) is 6.19. The van der Waals surface area contributed by atoms with Gasteiger partial charge in [-0.1, -0.05) is 63.6 Å². The van der Waals surface area contributed by atoms with Gasteiger partial charge in [-0.25, -0.2) is 4.68 Å². The van der Waals surface area contributed by atoms with Crippen molar-refractivity contribution >= 4 is 11.9 Å². The highest BCUT2D eigenvalue weighted by Crippen LogP contribution is 2.53. The molecule has 0 unspecified atom stereocenters. The first kappa shape index (κ1) is 19.8. The second-order valence-corrected chi connectivity index (χ2v) is 10.0. The van der Waals surface area contributed by atoms with Crippen molar-refractivity contribution in [3.8, 4) is 0 Å². The van der Waals surface area contributed by atoms with Gasteiger partial charge in [-0.05, 0) is 44.7 Å². The highest BCUT2D eigenvalue weighted by atomic mass is 16.2. The Morgan fingerprint density at radius 2 is 1.73 bits per heavy atom. The van der Waals surface area contributed by atoms with Crippen LogP contribution >= 0.6 is 0 Å². The lowest BCUT2D eigenvalue weighted by atomic mass is 9.64. The fraction of sp³-hybridized carbons (Fsp3) is 0.640. The number of carbonyl (C=O) groups excluding carboxylic acids is 1. The molecule has 2 heterocycles. The maximum Gasteiger partial charge on any atom is 0.260 e. The minimum atomic E-state index is 0.0445. The van der Waals surface area contributed by atoms with Crippen molar-refractivity contribution in [1.82, 2.24) is 14.8 Å². The summed E-state index contributed by atoms with van der Waals surface area (Å²) in [6.45, 7) is 6.35. The normalized spacial score (nSPS) is 25.3. The molecule has 2 atom stereocenters. The predicted molar refractivity (Wildman–Crippen MR) is 119 cm³/mol. The molecule has 1 aromatic carbocycles. The monoisotopic (exact) mass is 406 g/mol. The van der Waals surface area contributed by atoms with Gasteiger partial charge in [-0.2, -0.15) is 10.1 Å². The zero-order valence-corrected chi connectivity index (χ0v) is 18.6. The number of rotatable bonds is 2. The quantitative estimate of drug-likeness (QED) is 0.653. The number of amides is 1. The van der Waals surface area contributed by atoms with E-state index in [2.05, 4.69) is 25.5 Å². The number of fused-ring (bicyclic) bond motifs is 4. The minimum Gasteiger partial charge on any atom is -0.273 e. The molecule has 0 saturated heterocycles. The van der Waals surface area contributed by atoms with Crippen molar-refractivity contribution in [3.05, 3.63) is 41.2 Å². The van der Waals surface area contributed by atoms with Gasteiger partial charge in [-0.3, -0.25) is 9.69 Å². The molecule has 2 aliphatic carbocycles. The SMILES string of the molecule is Cc1ccc(C(=O)N2c3nc(C(C)C)nn3C3(CCCCC3)[C@@H]3CCCC[C@@H]32)cc1. The van der Waals surface area contributed by atoms with Gasteiger partial charge in [0.15, 0.2) is 5.82 Å². The number of nitrogens with zero attached hydrogens (tertiary/aromatic N) is 4. The number of benzene rings is 1. The highest BCUT2D eigenvalue weighted by Gasteiger charge is 2.55. The zero-order valence-electron chi connectivity index (χ0n) is 18.6. The molecule has 0 bridgehead atoms. The molecule has 5 rings (SSSR count). The van der Waals surface area contributed by atoms with E-state index in [1.54, 1.807) is 0 Å². The first-order chi connectivity index (χ1) is 14.5. The van der Waals surface area contributed by atoms with Gasteiger partial charge >= 0.3 is 0 Å². The van der Waals surface area contributed by atoms with Crippen LogP contribution in [0.5, 0.6) is 0 Å². The second kappa shape index (κ2) is 7.51. The van der Waals surface area contributed by atoms with E-state index >= 15 is 0 Å². The zero-order chi connectivity index (χ0) is 20.9. The first-order valence-corrected chi connectivity index (χ1v) is 11.9. The summed E-state index contributed by atoms with van der Waals surface area (Å²) in [7, 11) is 0. The molecular formula is C25H34N4O. The summed E-state index contributed by atoms with van der Waals surface area (Å²) >= 11 is 0. The van der Waals surface area contributed by atoms with E-state index in [1.807, 2.05) is 29.2 Å². The third kappa shape index (κ3) is 3.00. The third-order valence-corrected chi connectivity index (χ3v) is 7.75. The van der Waals surface area contributed by atoms with Gasteiger partial charge in [0.05, 0.1) is 5.54 Å². The molecule has 2 fully saturated rings. The Morgan fingerprint density at radius 1 is 1.03 bits per heavy atom. The predicted octanol–water partition coefficient (Wildman–Crippen LogP) is 5.59. The van der Waals surface area contributed by atoms with E-state index in [4.69, 9.17) is 10.1 Å². The lowest BCUT2D eigenvalue weighted by Gasteiger charge is -2.55. The van der Waals surface area contributed by atoms with Crippen LogP contribution < -0.4 is 4.90 Å². The maximum absolute atomic E-state index is 13.8. The van der Waals surface area contributed by atoms with Crippen LogP contribution in [0.3, 0.4) is 0 Å². The van der Waals surface area contributed by atoms with E-state index in [0.717, 1.165) is 23.8 Å². The molecule has 5 nitrogen and oxygen atoms in total. The van der Waals surface area contributed by atoms with Gasteiger partial charge in [0, 0.05) is 23.4 Å². The summed E-state index contributed by atoms with van der Waals surface area (Å²) in [5, 5.41) is 5.07. The summed E-state index contributed by atoms with van der Waals surface area (Å²) in [4.78, 5) is 20.9. The maximum atomic E-state index is 13.8. The van der Waals surface area contributed by atoms with E-state index < -0.39 is 0 Å². The smallest absolute Gasteiger partial charge is 0.260 e. The average molecular weight is 407 g/mol. The third-order valence-electron chi connectivity index (χ3n) is 7.75. The van der Waals surface area contributed by atoms with Crippen LogP contribution in [0.25, 0.3) is 0 Å². The standard InChI is InChI=1S/C25H34N4O/c1-17(2)22-26-24-28(23(30)19-13-11-18(3)12-14-19)21-10-6-5-9-20(21)25(29(24)27-22)15-7-4-8-16-25/h11-14,17,20-21H,4-10,15-16H2,1-3H3/t20-,21+/m1/s1. The molecular weight excluding hydrogens is 372 g/mol. The molecule has 3 aliphatic rings. The van der Waals surface area contributed by atoms with Gasteiger partial charge in [0.2, 0.25) is 5.95 Å². The first-order valence-electron chi connectivity index (χ1n) is 11.9. The van der Waals surface area contributed by atoms with Crippen molar-refractivity contribution < 1.29 is 4.79 Å². The summed E-state index contributed by atoms with van der Waals surface area (Å²) < 4.78 is 2.22. The molecule has 2 saturated carbocycles. The molecule has 30 heavy (non-hydrogen) atoms. The van der Waals surface area contributed by atoms with Crippen LogP contribution in [0, 0.1) is 12.8 Å². The molecule has 0 N–H and O–H groups in total. The molecule has 5 heteroatoms. The van der Waals surface area contributed by atoms with Gasteiger partial charge < -0.3 is 0 Å². The number of hydrogen-bond donors (Lipinski definition) is 0. The van der Waals surface area contributed by atoms with Crippen LogP contribution in [0.4, 0.5) is 5.95 Å². The van der Waals surface area contributed by atoms with Crippen molar-refractivity contribution in [2.24, 2.45) is 5.92 Å². The number of aryl methyl sites for hydroxylation is 1. The van der Waals surface area contributed by atoms with E-state index in [-0.39, 0.29) is 23.4 Å². The highest BCUT2D eigenvalue weighted by molar-refractivity contribution is 6.06. The molecule has 1 amide bonds. The fourth-order valence-corrected chi connectivity index (χ4v) is 6.19. The van der Waals surface area contributed by atoms with Crippen LogP contribution in [-0.4, -0.2) is 26.7 Å². The van der Waals surface area contributed by atoms with Crippen molar-refractivity contribution in [2.45, 2.75) is 96.1 Å². The Balaban J connectivity index is 1.67. The van der Waals surface area contributed by atoms with E-state index in [0.29, 0.717) is 5.92 Å². The summed E-state index contributed by atoms with van der Waals surface area (Å²) in [6.07, 6.45) is 10.9. The van der Waals surface area contributed by atoms with Gasteiger partial charge in [-0.15, -0.1) is 0 Å². The van der Waals surface area contributed by atoms with Gasteiger partial charge in [0.25, 0.3) is 5.91 Å². The van der Waals surface area contributed by atoms with Crippen LogP contribution in [0.2, 0.25) is 0 Å². The molecule has 1 aromatic heterocycles. The topological polar surface area (TPSA) is 51.0 Å². The summed E-state index contributed by atoms with van der Waals surface area (Å²) in [6, 6.07) is 8.22. The van der Waals surface area contributed by atoms with Gasteiger partial charge in [0.1, 0.15) is 0 Å². The molecule has 1 aliphatic heterocycles. The number of carbonyl (C=O) groups is 1. The Bertz CT molecular complexity index is 923. The molecule has 1 spiro atoms. The molecule has 160 valence electrons. The summed E-state index contributed by atoms with van der Waals surface area (Å²) in [5.41, 5.74) is 1.97. The second-order valence-electron chi connectivity index (χ2n) is 10.0. The average Bonchev–Trinajstić information content (AvgIpc) is 3.21. The van der Waals surface area contributed by atoms with E-state index in [1.165, 1.54) is 56.9 Å². The Kier molecular flexibility index (Phi) is 4.95. The lowest BCUT2D eigenvalue weighted by Crippen LogP contribution is -2.61. The van der Waals surface area contributed by atoms with Crippen molar-refractivity contribution in [2.75, 3.05) is 4.90 Å². The largest absolute Gasteiger partial charge is 0.273 e. The van der Waals surface area contributed by atoms with Crippen LogP contribution in [0.1, 0.15) is 99.3 Å². The Labute approximate surface area is 179 Å².